The van der Waals surface area contributed by atoms with Crippen LogP contribution in [0.25, 0.3) is 11.1 Å². The van der Waals surface area contributed by atoms with E-state index < -0.39 is 12.1 Å². The number of hydrogen-bond donors (Lipinski definition) is 2. The Morgan fingerprint density at radius 1 is 1.19 bits per heavy atom. The first-order valence-electron chi connectivity index (χ1n) is 12.7. The van der Waals surface area contributed by atoms with Crippen LogP contribution >= 0.6 is 11.3 Å². The number of aliphatic hydroxyl groups is 1. The van der Waals surface area contributed by atoms with Crippen LogP contribution in [0.5, 0.6) is 5.75 Å². The van der Waals surface area contributed by atoms with Crippen molar-refractivity contribution in [1.82, 2.24) is 4.90 Å². The summed E-state index contributed by atoms with van der Waals surface area (Å²) in [5, 5.41) is 22.0. The number of carboxylic acids is 1. The summed E-state index contributed by atoms with van der Waals surface area (Å²) in [6.45, 7) is 3.55. The molecule has 2 aliphatic rings. The average molecular weight is 516 g/mol. The number of unbranched alkanes of at least 4 members (excludes halogenated alkanes) is 1. The predicted octanol–water partition coefficient (Wildman–Crippen LogP) is 4.59. The van der Waals surface area contributed by atoms with Gasteiger partial charge in [-0.25, -0.2) is 0 Å². The molecule has 1 aliphatic heterocycles. The quantitative estimate of drug-likeness (QED) is 0.316. The number of morpholine rings is 1. The van der Waals surface area contributed by atoms with Crippen LogP contribution in [0.1, 0.15) is 37.0 Å². The van der Waals surface area contributed by atoms with Gasteiger partial charge in [0, 0.05) is 42.8 Å². The van der Waals surface area contributed by atoms with Gasteiger partial charge in [0.2, 0.25) is 0 Å². The van der Waals surface area contributed by atoms with Gasteiger partial charge in [-0.3, -0.25) is 9.69 Å². The molecule has 2 heterocycles. The number of thiophene rings is 1. The molecule has 2 aromatic rings. The van der Waals surface area contributed by atoms with Crippen LogP contribution in [0.2, 0.25) is 0 Å². The van der Waals surface area contributed by atoms with Gasteiger partial charge in [0.1, 0.15) is 5.75 Å². The topological polar surface area (TPSA) is 88.5 Å². The second kappa shape index (κ2) is 13.4. The van der Waals surface area contributed by atoms with Crippen molar-refractivity contribution in [2.75, 3.05) is 33.4 Å². The molecule has 4 atom stereocenters. The van der Waals surface area contributed by atoms with E-state index in [9.17, 15) is 9.90 Å². The van der Waals surface area contributed by atoms with E-state index in [1.807, 2.05) is 12.1 Å². The lowest BCUT2D eigenvalue weighted by Crippen LogP contribution is -2.50. The molecule has 0 spiro atoms. The number of aliphatic carboxylic acids is 1. The summed E-state index contributed by atoms with van der Waals surface area (Å²) in [6.07, 6.45) is 6.74. The van der Waals surface area contributed by atoms with Crippen molar-refractivity contribution in [3.8, 4) is 16.9 Å². The third-order valence-corrected chi connectivity index (χ3v) is 8.01. The molecule has 1 aromatic heterocycles. The van der Waals surface area contributed by atoms with E-state index in [4.69, 9.17) is 19.3 Å². The first-order chi connectivity index (χ1) is 17.5. The fourth-order valence-corrected chi connectivity index (χ4v) is 6.07. The molecular weight excluding hydrogens is 478 g/mol. The number of nitrogens with zero attached hydrogens (tertiary/aromatic N) is 1. The molecule has 1 aliphatic carbocycles. The molecule has 1 aromatic carbocycles. The van der Waals surface area contributed by atoms with Gasteiger partial charge in [-0.2, -0.15) is 0 Å². The Kier molecular flexibility index (Phi) is 9.95. The monoisotopic (exact) mass is 515 g/mol. The fraction of sp³-hybridized carbons (Fsp3) is 0.536. The molecular formula is C28H37NO6S. The Morgan fingerprint density at radius 2 is 1.97 bits per heavy atom. The Hall–Kier alpha value is -2.23. The number of ether oxygens (including phenoxy) is 3. The van der Waals surface area contributed by atoms with Crippen LogP contribution in [0.4, 0.5) is 0 Å². The molecule has 196 valence electrons. The Morgan fingerprint density at radius 3 is 2.69 bits per heavy atom. The summed E-state index contributed by atoms with van der Waals surface area (Å²) < 4.78 is 17.2. The normalized spacial score (nSPS) is 24.9. The highest BCUT2D eigenvalue weighted by Gasteiger charge is 2.45. The summed E-state index contributed by atoms with van der Waals surface area (Å²) in [5.74, 6) is 0.260. The maximum atomic E-state index is 11.0. The first-order valence-corrected chi connectivity index (χ1v) is 13.6. The second-order valence-electron chi connectivity index (χ2n) is 9.48. The second-order valence-corrected chi connectivity index (χ2v) is 10.5. The maximum absolute atomic E-state index is 11.0. The van der Waals surface area contributed by atoms with Crippen LogP contribution in [-0.4, -0.2) is 72.7 Å². The summed E-state index contributed by atoms with van der Waals surface area (Å²) in [7, 11) is 1.67. The van der Waals surface area contributed by atoms with Crippen LogP contribution in [0.15, 0.2) is 47.9 Å². The number of methoxy groups -OCH3 is 1. The molecule has 7 nitrogen and oxygen atoms in total. The van der Waals surface area contributed by atoms with Gasteiger partial charge in [0.25, 0.3) is 0 Å². The fourth-order valence-electron chi connectivity index (χ4n) is 5.25. The van der Waals surface area contributed by atoms with Gasteiger partial charge < -0.3 is 24.4 Å². The van der Waals surface area contributed by atoms with Crippen molar-refractivity contribution < 1.29 is 29.2 Å². The van der Waals surface area contributed by atoms with Crippen LogP contribution in [0.3, 0.4) is 0 Å². The van der Waals surface area contributed by atoms with Gasteiger partial charge in [0.05, 0.1) is 39.1 Å². The molecule has 1 saturated carbocycles. The molecule has 4 rings (SSSR count). The Labute approximate surface area is 217 Å². The number of rotatable bonds is 12. The minimum absolute atomic E-state index is 0.0388. The van der Waals surface area contributed by atoms with Crippen LogP contribution in [-0.2, 0) is 20.9 Å². The molecule has 2 N–H and O–H groups in total. The SMILES string of the molecule is COc1ccc(-c2csc(CO[C@H]3C[C@@H](O)[C@H](N4CCOCC4)[C@H]3CC=CCCCC(=O)O)c2)cc1. The van der Waals surface area contributed by atoms with Crippen LogP contribution < -0.4 is 4.74 Å². The van der Waals surface area contributed by atoms with E-state index in [-0.39, 0.29) is 24.5 Å². The third kappa shape index (κ3) is 7.17. The average Bonchev–Trinajstić information content (AvgIpc) is 3.49. The van der Waals surface area contributed by atoms with E-state index in [2.05, 4.69) is 40.6 Å². The highest BCUT2D eigenvalue weighted by atomic mass is 32.1. The largest absolute Gasteiger partial charge is 0.497 e. The minimum atomic E-state index is -0.758. The molecule has 0 radical (unpaired) electrons. The Balaban J connectivity index is 1.38. The smallest absolute Gasteiger partial charge is 0.303 e. The molecule has 2 fully saturated rings. The van der Waals surface area contributed by atoms with E-state index in [0.717, 1.165) is 42.1 Å². The van der Waals surface area contributed by atoms with Gasteiger partial charge in [-0.05, 0) is 54.0 Å². The van der Waals surface area contributed by atoms with Gasteiger partial charge >= 0.3 is 5.97 Å². The van der Waals surface area contributed by atoms with Crippen molar-refractivity contribution in [2.45, 2.75) is 57.0 Å². The van der Waals surface area contributed by atoms with Gasteiger partial charge in [-0.15, -0.1) is 11.3 Å². The number of hydrogen-bond acceptors (Lipinski definition) is 7. The van der Waals surface area contributed by atoms with Crippen molar-refractivity contribution in [3.63, 3.8) is 0 Å². The lowest BCUT2D eigenvalue weighted by Gasteiger charge is -2.37. The van der Waals surface area contributed by atoms with E-state index in [1.165, 1.54) is 5.56 Å². The summed E-state index contributed by atoms with van der Waals surface area (Å²) in [4.78, 5) is 14.3. The zero-order valence-corrected chi connectivity index (χ0v) is 21.7. The zero-order chi connectivity index (χ0) is 25.3. The van der Waals surface area contributed by atoms with E-state index >= 15 is 0 Å². The minimum Gasteiger partial charge on any atom is -0.497 e. The van der Waals surface area contributed by atoms with Gasteiger partial charge in [0.15, 0.2) is 0 Å². The van der Waals surface area contributed by atoms with Crippen molar-refractivity contribution in [3.05, 3.63) is 52.7 Å². The maximum Gasteiger partial charge on any atom is 0.303 e. The highest BCUT2D eigenvalue weighted by Crippen LogP contribution is 2.37. The zero-order valence-electron chi connectivity index (χ0n) is 20.9. The summed E-state index contributed by atoms with van der Waals surface area (Å²) in [6, 6.07) is 10.3. The van der Waals surface area contributed by atoms with Crippen molar-refractivity contribution in [2.24, 2.45) is 5.92 Å². The lowest BCUT2D eigenvalue weighted by molar-refractivity contribution is -0.137. The van der Waals surface area contributed by atoms with E-state index in [1.54, 1.807) is 18.4 Å². The van der Waals surface area contributed by atoms with Crippen molar-refractivity contribution in [1.29, 1.82) is 0 Å². The molecule has 8 heteroatoms. The number of carboxylic acid groups (broad SMARTS) is 1. The molecule has 0 bridgehead atoms. The Bertz CT molecular complexity index is 984. The molecule has 0 amide bonds. The highest BCUT2D eigenvalue weighted by molar-refractivity contribution is 7.10. The number of benzene rings is 1. The number of aliphatic hydroxyl groups excluding tert-OH is 1. The number of allylic oxidation sites excluding steroid dienone is 2. The third-order valence-electron chi connectivity index (χ3n) is 7.10. The molecule has 36 heavy (non-hydrogen) atoms. The lowest BCUT2D eigenvalue weighted by atomic mass is 9.94. The summed E-state index contributed by atoms with van der Waals surface area (Å²) in [5.41, 5.74) is 2.31. The standard InChI is InChI=1S/C28H37NO6S/c1-33-22-10-8-20(9-11-22)21-16-23(36-19-21)18-35-26-17-25(30)28(29-12-14-34-15-13-29)24(26)6-4-2-3-5-7-27(31)32/h2,4,8-11,16,19,24-26,28,30H,3,5-7,12-15,17-18H2,1H3,(H,31,32)/t24-,25+,26-,28+/m0/s1. The van der Waals surface area contributed by atoms with Gasteiger partial charge in [-0.1, -0.05) is 24.3 Å². The first kappa shape index (κ1) is 26.8. The molecule has 1 saturated heterocycles. The predicted molar refractivity (Wildman–Crippen MR) is 140 cm³/mol. The van der Waals surface area contributed by atoms with Crippen molar-refractivity contribution >= 4 is 17.3 Å². The van der Waals surface area contributed by atoms with Crippen LogP contribution in [0, 0.1) is 5.92 Å². The molecule has 0 unspecified atom stereocenters. The number of carbonyl (C=O) groups is 1. The van der Waals surface area contributed by atoms with E-state index in [0.29, 0.717) is 32.7 Å². The summed E-state index contributed by atoms with van der Waals surface area (Å²) >= 11 is 1.69.